The van der Waals surface area contributed by atoms with Crippen molar-refractivity contribution < 1.29 is 23.4 Å². The van der Waals surface area contributed by atoms with Gasteiger partial charge in [-0.1, -0.05) is 23.2 Å². The van der Waals surface area contributed by atoms with E-state index in [0.29, 0.717) is 12.8 Å². The van der Waals surface area contributed by atoms with E-state index in [1.807, 2.05) is 0 Å². The van der Waals surface area contributed by atoms with Crippen LogP contribution in [0.4, 0.5) is 0 Å². The highest BCUT2D eigenvalue weighted by Crippen LogP contribution is 2.33. The average Bonchev–Trinajstić information content (AvgIpc) is 2.86. The largest absolute Gasteiger partial charge is 0.478 e. The predicted octanol–water partition coefficient (Wildman–Crippen LogP) is 1.84. The van der Waals surface area contributed by atoms with Crippen LogP contribution < -0.4 is 0 Å². The van der Waals surface area contributed by atoms with Crippen LogP contribution in [0, 0.1) is 0 Å². The molecule has 1 aromatic carbocycles. The fraction of sp³-hybridized carbons (Fsp3) is 0.417. The number of nitrogens with zero attached hydrogens (tertiary/aromatic N) is 1. The Kier molecular flexibility index (Phi) is 4.79. The molecule has 2 N–H and O–H groups in total. The Morgan fingerprint density at radius 2 is 2.00 bits per heavy atom. The molecular weight excluding hydrogens is 341 g/mol. The number of carbonyl (C=O) groups is 1. The molecule has 0 bridgehead atoms. The second-order valence-corrected chi connectivity index (χ2v) is 7.34. The van der Waals surface area contributed by atoms with Gasteiger partial charge in [0.1, 0.15) is 4.90 Å². The second kappa shape index (κ2) is 6.10. The maximum absolute atomic E-state index is 12.6. The van der Waals surface area contributed by atoms with Crippen LogP contribution in [-0.4, -0.2) is 48.1 Å². The Balaban J connectivity index is 2.54. The van der Waals surface area contributed by atoms with Gasteiger partial charge in [-0.2, -0.15) is 4.31 Å². The smallest absolute Gasteiger partial charge is 0.337 e. The number of aromatic carboxylic acids is 1. The molecule has 0 radical (unpaired) electrons. The van der Waals surface area contributed by atoms with Crippen LogP contribution in [0.3, 0.4) is 0 Å². The Morgan fingerprint density at radius 3 is 2.57 bits per heavy atom. The first-order chi connectivity index (χ1) is 9.78. The van der Waals surface area contributed by atoms with Crippen LogP contribution >= 0.6 is 23.2 Å². The summed E-state index contributed by atoms with van der Waals surface area (Å²) in [6.07, 6.45) is 1.17. The minimum atomic E-state index is -3.98. The zero-order valence-electron chi connectivity index (χ0n) is 10.8. The number of carboxylic acid groups (broad SMARTS) is 1. The fourth-order valence-electron chi connectivity index (χ4n) is 2.33. The summed E-state index contributed by atoms with van der Waals surface area (Å²) < 4.78 is 26.4. The number of hydrogen-bond donors (Lipinski definition) is 2. The van der Waals surface area contributed by atoms with Gasteiger partial charge < -0.3 is 10.2 Å². The molecule has 2 rings (SSSR count). The van der Waals surface area contributed by atoms with Gasteiger partial charge in [0.2, 0.25) is 10.0 Å². The summed E-state index contributed by atoms with van der Waals surface area (Å²) in [6, 6.07) is 1.54. The van der Waals surface area contributed by atoms with Gasteiger partial charge in [0.15, 0.2) is 0 Å². The van der Waals surface area contributed by atoms with E-state index >= 15 is 0 Å². The molecule has 1 saturated heterocycles. The molecule has 0 amide bonds. The fourth-order valence-corrected chi connectivity index (χ4v) is 4.84. The molecule has 1 atom stereocenters. The lowest BCUT2D eigenvalue weighted by atomic mass is 10.2. The number of halogens is 2. The van der Waals surface area contributed by atoms with Crippen molar-refractivity contribution in [2.24, 2.45) is 0 Å². The van der Waals surface area contributed by atoms with Crippen molar-refractivity contribution in [2.45, 2.75) is 23.8 Å². The maximum Gasteiger partial charge on any atom is 0.337 e. The zero-order chi connectivity index (χ0) is 15.8. The summed E-state index contributed by atoms with van der Waals surface area (Å²) in [5, 5.41) is 18.0. The third-order valence-corrected chi connectivity index (χ3v) is 6.10. The highest BCUT2D eigenvalue weighted by molar-refractivity contribution is 7.89. The first-order valence-corrected chi connectivity index (χ1v) is 8.33. The van der Waals surface area contributed by atoms with Crippen LogP contribution in [-0.2, 0) is 10.0 Å². The van der Waals surface area contributed by atoms with Gasteiger partial charge in [-0.05, 0) is 25.0 Å². The van der Waals surface area contributed by atoms with Crippen molar-refractivity contribution in [2.75, 3.05) is 13.2 Å². The number of carboxylic acids is 1. The minimum absolute atomic E-state index is 0.133. The summed E-state index contributed by atoms with van der Waals surface area (Å²) >= 11 is 11.7. The van der Waals surface area contributed by atoms with E-state index in [2.05, 4.69) is 0 Å². The monoisotopic (exact) mass is 353 g/mol. The van der Waals surface area contributed by atoms with Gasteiger partial charge in [0.25, 0.3) is 0 Å². The highest BCUT2D eigenvalue weighted by Gasteiger charge is 2.36. The summed E-state index contributed by atoms with van der Waals surface area (Å²) in [5.74, 6) is -1.34. The molecule has 0 saturated carbocycles. The van der Waals surface area contributed by atoms with Crippen LogP contribution in [0.1, 0.15) is 23.2 Å². The van der Waals surface area contributed by atoms with E-state index in [-0.39, 0.29) is 33.7 Å². The molecule has 0 spiro atoms. The first-order valence-electron chi connectivity index (χ1n) is 6.14. The van der Waals surface area contributed by atoms with Crippen molar-refractivity contribution in [3.63, 3.8) is 0 Å². The zero-order valence-corrected chi connectivity index (χ0v) is 13.1. The number of sulfonamides is 1. The number of hydrogen-bond acceptors (Lipinski definition) is 4. The van der Waals surface area contributed by atoms with Crippen molar-refractivity contribution in [1.29, 1.82) is 0 Å². The molecule has 6 nitrogen and oxygen atoms in total. The van der Waals surface area contributed by atoms with E-state index in [0.717, 1.165) is 16.4 Å². The van der Waals surface area contributed by atoms with Crippen molar-refractivity contribution in [3.8, 4) is 0 Å². The van der Waals surface area contributed by atoms with Crippen LogP contribution in [0.2, 0.25) is 10.0 Å². The Hall–Kier alpha value is -0.860. The van der Waals surface area contributed by atoms with Gasteiger partial charge in [-0.25, -0.2) is 13.2 Å². The van der Waals surface area contributed by atoms with Gasteiger partial charge in [-0.15, -0.1) is 0 Å². The lowest BCUT2D eigenvalue weighted by Gasteiger charge is -2.23. The van der Waals surface area contributed by atoms with Gasteiger partial charge >= 0.3 is 5.97 Å². The number of rotatable bonds is 4. The van der Waals surface area contributed by atoms with Gasteiger partial charge in [0, 0.05) is 12.6 Å². The summed E-state index contributed by atoms with van der Waals surface area (Å²) in [6.45, 7) is -0.0366. The third-order valence-electron chi connectivity index (χ3n) is 3.37. The minimum Gasteiger partial charge on any atom is -0.478 e. The van der Waals surface area contributed by atoms with E-state index in [4.69, 9.17) is 28.3 Å². The topological polar surface area (TPSA) is 94.9 Å². The highest BCUT2D eigenvalue weighted by atomic mass is 35.5. The van der Waals surface area contributed by atoms with E-state index in [1.54, 1.807) is 0 Å². The van der Waals surface area contributed by atoms with E-state index in [1.165, 1.54) is 0 Å². The molecule has 9 heteroatoms. The summed E-state index contributed by atoms with van der Waals surface area (Å²) in [5.41, 5.74) is -0.334. The third kappa shape index (κ3) is 3.02. The Labute approximate surface area is 131 Å². The van der Waals surface area contributed by atoms with Crippen molar-refractivity contribution in [3.05, 3.63) is 27.7 Å². The van der Waals surface area contributed by atoms with Crippen LogP contribution in [0.15, 0.2) is 17.0 Å². The van der Waals surface area contributed by atoms with Gasteiger partial charge in [-0.3, -0.25) is 0 Å². The van der Waals surface area contributed by atoms with Crippen LogP contribution in [0.25, 0.3) is 0 Å². The summed E-state index contributed by atoms with van der Waals surface area (Å²) in [4.78, 5) is 10.8. The van der Waals surface area contributed by atoms with Crippen LogP contribution in [0.5, 0.6) is 0 Å². The number of benzene rings is 1. The number of aliphatic hydroxyl groups excluding tert-OH is 1. The average molecular weight is 354 g/mol. The van der Waals surface area contributed by atoms with E-state index in [9.17, 15) is 18.3 Å². The summed E-state index contributed by atoms with van der Waals surface area (Å²) in [7, 11) is -3.98. The molecular formula is C12H13Cl2NO5S. The molecule has 1 aromatic rings. The second-order valence-electron chi connectivity index (χ2n) is 4.66. The maximum atomic E-state index is 12.6. The lowest BCUT2D eigenvalue weighted by Crippen LogP contribution is -2.37. The SMILES string of the molecule is O=C(O)c1cc(S(=O)(=O)N2CCC[C@@H]2CO)c(Cl)cc1Cl. The van der Waals surface area contributed by atoms with Crippen molar-refractivity contribution >= 4 is 39.2 Å². The Bertz CT molecular complexity index is 676. The molecule has 1 heterocycles. The number of aliphatic hydroxyl groups is 1. The van der Waals surface area contributed by atoms with E-state index < -0.39 is 22.0 Å². The molecule has 1 fully saturated rings. The predicted molar refractivity (Wildman–Crippen MR) is 77.4 cm³/mol. The Morgan fingerprint density at radius 1 is 1.33 bits per heavy atom. The molecule has 21 heavy (non-hydrogen) atoms. The van der Waals surface area contributed by atoms with Crippen molar-refractivity contribution in [1.82, 2.24) is 4.31 Å². The molecule has 116 valence electrons. The normalized spacial score (nSPS) is 19.9. The molecule has 1 aliphatic rings. The molecule has 1 aliphatic heterocycles. The standard InChI is InChI=1S/C12H13Cl2NO5S/c13-9-5-10(14)11(4-8(9)12(17)18)21(19,20)15-3-1-2-7(15)6-16/h4-5,7,16H,1-3,6H2,(H,17,18)/t7-/m1/s1. The molecule has 0 aliphatic carbocycles. The lowest BCUT2D eigenvalue weighted by molar-refractivity contribution is 0.0697. The van der Waals surface area contributed by atoms with Gasteiger partial charge in [0.05, 0.1) is 22.2 Å². The molecule has 0 unspecified atom stereocenters. The molecule has 0 aromatic heterocycles. The quantitative estimate of drug-likeness (QED) is 0.860. The first kappa shape index (κ1) is 16.5.